The molecule has 1 aliphatic heterocycles. The minimum Gasteiger partial charge on any atom is -0.465 e. The molecule has 116 valence electrons. The summed E-state index contributed by atoms with van der Waals surface area (Å²) in [6, 6.07) is 0. The number of carbonyl (C=O) groups excluding carboxylic acids is 1. The van der Waals surface area contributed by atoms with Crippen molar-refractivity contribution in [2.45, 2.75) is 31.6 Å². The number of anilines is 2. The molecule has 2 aliphatic rings. The molecule has 1 atom stereocenters. The first-order valence-electron chi connectivity index (χ1n) is 7.52. The second-order valence-corrected chi connectivity index (χ2v) is 6.97. The molecule has 2 heterocycles. The Hall–Kier alpha value is -1.27. The van der Waals surface area contributed by atoms with Gasteiger partial charge in [0, 0.05) is 25.3 Å². The Morgan fingerprint density at radius 1 is 1.48 bits per heavy atom. The number of carbonyl (C=O) groups is 1. The molecule has 1 unspecified atom stereocenters. The number of methoxy groups -OCH3 is 1. The Morgan fingerprint density at radius 3 is 2.86 bits per heavy atom. The van der Waals surface area contributed by atoms with Crippen LogP contribution in [-0.4, -0.2) is 37.9 Å². The summed E-state index contributed by atoms with van der Waals surface area (Å²) in [5, 5.41) is 10.5. The van der Waals surface area contributed by atoms with Crippen molar-refractivity contribution in [2.75, 3.05) is 37.4 Å². The van der Waals surface area contributed by atoms with Crippen LogP contribution in [-0.2, 0) is 4.74 Å². The van der Waals surface area contributed by atoms with Gasteiger partial charge in [-0.25, -0.2) is 4.79 Å². The lowest BCUT2D eigenvalue weighted by Crippen LogP contribution is -2.36. The summed E-state index contributed by atoms with van der Waals surface area (Å²) >= 11 is 1.45. The average molecular weight is 310 g/mol. The molecule has 3 rings (SSSR count). The number of piperidine rings is 1. The number of nitrogens with zero attached hydrogens (tertiary/aromatic N) is 1. The van der Waals surface area contributed by atoms with Gasteiger partial charge in [0.1, 0.15) is 4.88 Å². The SMILES string of the molecule is COC(=O)c1sc(N2CCCC(CO)C2)c(C2CC2)c1N. The van der Waals surface area contributed by atoms with E-state index in [4.69, 9.17) is 10.5 Å². The number of aliphatic hydroxyl groups is 1. The van der Waals surface area contributed by atoms with Gasteiger partial charge >= 0.3 is 5.97 Å². The highest BCUT2D eigenvalue weighted by Gasteiger charge is 2.35. The second-order valence-electron chi connectivity index (χ2n) is 5.97. The number of aliphatic hydroxyl groups excluding tert-OH is 1. The quantitative estimate of drug-likeness (QED) is 0.834. The maximum Gasteiger partial charge on any atom is 0.350 e. The van der Waals surface area contributed by atoms with Crippen molar-refractivity contribution in [3.8, 4) is 0 Å². The summed E-state index contributed by atoms with van der Waals surface area (Å²) in [5.41, 5.74) is 7.97. The van der Waals surface area contributed by atoms with E-state index in [0.717, 1.165) is 49.3 Å². The highest BCUT2D eigenvalue weighted by Crippen LogP contribution is 2.52. The molecule has 0 aromatic carbocycles. The average Bonchev–Trinajstić information content (AvgIpc) is 3.29. The van der Waals surface area contributed by atoms with E-state index in [9.17, 15) is 9.90 Å². The van der Waals surface area contributed by atoms with Crippen molar-refractivity contribution >= 4 is 28.0 Å². The zero-order chi connectivity index (χ0) is 15.0. The van der Waals surface area contributed by atoms with E-state index >= 15 is 0 Å². The highest BCUT2D eigenvalue weighted by atomic mass is 32.1. The molecule has 5 nitrogen and oxygen atoms in total. The first-order chi connectivity index (χ1) is 10.2. The molecule has 0 bridgehead atoms. The monoisotopic (exact) mass is 310 g/mol. The van der Waals surface area contributed by atoms with Crippen LogP contribution in [0.2, 0.25) is 0 Å². The standard InChI is InChI=1S/C15H22N2O3S/c1-20-15(19)13-12(16)11(10-4-5-10)14(21-13)17-6-2-3-9(7-17)8-18/h9-10,18H,2-8,16H2,1H3. The minimum absolute atomic E-state index is 0.222. The van der Waals surface area contributed by atoms with Gasteiger partial charge < -0.3 is 20.5 Å². The third-order valence-electron chi connectivity index (χ3n) is 4.38. The smallest absolute Gasteiger partial charge is 0.350 e. The molecule has 1 aromatic heterocycles. The Kier molecular flexibility index (Phi) is 4.08. The third kappa shape index (κ3) is 2.74. The molecule has 21 heavy (non-hydrogen) atoms. The van der Waals surface area contributed by atoms with E-state index in [-0.39, 0.29) is 12.6 Å². The van der Waals surface area contributed by atoms with Crippen LogP contribution in [0.15, 0.2) is 0 Å². The fraction of sp³-hybridized carbons (Fsp3) is 0.667. The van der Waals surface area contributed by atoms with Gasteiger partial charge in [-0.2, -0.15) is 0 Å². The van der Waals surface area contributed by atoms with Gasteiger partial charge in [0.25, 0.3) is 0 Å². The number of esters is 1. The van der Waals surface area contributed by atoms with Crippen LogP contribution in [0.4, 0.5) is 10.7 Å². The molecule has 1 saturated carbocycles. The fourth-order valence-electron chi connectivity index (χ4n) is 3.09. The summed E-state index contributed by atoms with van der Waals surface area (Å²) in [5.74, 6) is 0.459. The maximum absolute atomic E-state index is 11.9. The maximum atomic E-state index is 11.9. The molecular formula is C15H22N2O3S. The zero-order valence-corrected chi connectivity index (χ0v) is 13.1. The normalized spacial score (nSPS) is 22.4. The largest absolute Gasteiger partial charge is 0.465 e. The number of hydrogen-bond donors (Lipinski definition) is 2. The second kappa shape index (κ2) is 5.85. The molecule has 1 aliphatic carbocycles. The van der Waals surface area contributed by atoms with Gasteiger partial charge in [0.15, 0.2) is 0 Å². The Balaban J connectivity index is 1.95. The summed E-state index contributed by atoms with van der Waals surface area (Å²) in [6.45, 7) is 2.04. The van der Waals surface area contributed by atoms with E-state index in [1.165, 1.54) is 18.4 Å². The predicted molar refractivity (Wildman–Crippen MR) is 84.1 cm³/mol. The number of hydrogen-bond acceptors (Lipinski definition) is 6. The van der Waals surface area contributed by atoms with Gasteiger partial charge in [0.2, 0.25) is 0 Å². The van der Waals surface area contributed by atoms with Crippen molar-refractivity contribution in [1.29, 1.82) is 0 Å². The lowest BCUT2D eigenvalue weighted by molar-refractivity contribution is 0.0607. The van der Waals surface area contributed by atoms with Crippen molar-refractivity contribution in [3.63, 3.8) is 0 Å². The first-order valence-corrected chi connectivity index (χ1v) is 8.33. The van der Waals surface area contributed by atoms with Gasteiger partial charge in [-0.3, -0.25) is 0 Å². The van der Waals surface area contributed by atoms with Gasteiger partial charge in [0.05, 0.1) is 17.8 Å². The molecule has 0 spiro atoms. The predicted octanol–water partition coefficient (Wildman–Crippen LogP) is 2.20. The molecule has 3 N–H and O–H groups in total. The molecule has 2 fully saturated rings. The molecule has 0 radical (unpaired) electrons. The Labute approximate surface area is 128 Å². The van der Waals surface area contributed by atoms with Gasteiger partial charge in [-0.05, 0) is 37.5 Å². The molecule has 1 saturated heterocycles. The van der Waals surface area contributed by atoms with Crippen molar-refractivity contribution in [3.05, 3.63) is 10.4 Å². The molecule has 6 heteroatoms. The van der Waals surface area contributed by atoms with Crippen molar-refractivity contribution in [1.82, 2.24) is 0 Å². The number of nitrogens with two attached hydrogens (primary N) is 1. The van der Waals surface area contributed by atoms with E-state index in [2.05, 4.69) is 4.90 Å². The van der Waals surface area contributed by atoms with Crippen LogP contribution < -0.4 is 10.6 Å². The Morgan fingerprint density at radius 2 is 2.24 bits per heavy atom. The van der Waals surface area contributed by atoms with Crippen molar-refractivity contribution < 1.29 is 14.6 Å². The molecule has 1 aromatic rings. The van der Waals surface area contributed by atoms with Crippen LogP contribution >= 0.6 is 11.3 Å². The van der Waals surface area contributed by atoms with E-state index in [1.807, 2.05) is 0 Å². The lowest BCUT2D eigenvalue weighted by Gasteiger charge is -2.33. The minimum atomic E-state index is -0.346. The summed E-state index contributed by atoms with van der Waals surface area (Å²) < 4.78 is 4.85. The summed E-state index contributed by atoms with van der Waals surface area (Å²) in [4.78, 5) is 14.7. The number of thiophene rings is 1. The van der Waals surface area contributed by atoms with Gasteiger partial charge in [-0.1, -0.05) is 0 Å². The molecular weight excluding hydrogens is 288 g/mol. The summed E-state index contributed by atoms with van der Waals surface area (Å²) in [7, 11) is 1.39. The summed E-state index contributed by atoms with van der Waals surface area (Å²) in [6.07, 6.45) is 4.43. The zero-order valence-electron chi connectivity index (χ0n) is 12.3. The van der Waals surface area contributed by atoms with Gasteiger partial charge in [-0.15, -0.1) is 11.3 Å². The highest BCUT2D eigenvalue weighted by molar-refractivity contribution is 7.18. The van der Waals surface area contributed by atoms with Crippen LogP contribution in [0, 0.1) is 5.92 Å². The van der Waals surface area contributed by atoms with Crippen LogP contribution in [0.25, 0.3) is 0 Å². The van der Waals surface area contributed by atoms with Crippen molar-refractivity contribution in [2.24, 2.45) is 5.92 Å². The van der Waals surface area contributed by atoms with E-state index < -0.39 is 0 Å². The molecule has 0 amide bonds. The van der Waals surface area contributed by atoms with E-state index in [0.29, 0.717) is 22.4 Å². The van der Waals surface area contributed by atoms with Crippen LogP contribution in [0.3, 0.4) is 0 Å². The topological polar surface area (TPSA) is 75.8 Å². The Bertz CT molecular complexity index is 539. The lowest BCUT2D eigenvalue weighted by atomic mass is 9.98. The van der Waals surface area contributed by atoms with Crippen LogP contribution in [0.5, 0.6) is 0 Å². The number of rotatable bonds is 4. The number of nitrogen functional groups attached to an aromatic ring is 1. The van der Waals surface area contributed by atoms with Crippen LogP contribution in [0.1, 0.15) is 46.8 Å². The van der Waals surface area contributed by atoms with E-state index in [1.54, 1.807) is 0 Å². The third-order valence-corrected chi connectivity index (χ3v) is 5.65. The first kappa shape index (κ1) is 14.7. The fourth-order valence-corrected chi connectivity index (χ4v) is 4.35. The number of ether oxygens (including phenoxy) is 1.